The van der Waals surface area contributed by atoms with Crippen molar-refractivity contribution in [3.05, 3.63) is 18.2 Å². The lowest BCUT2D eigenvalue weighted by molar-refractivity contribution is -0.129. The molecule has 1 heterocycles. The summed E-state index contributed by atoms with van der Waals surface area (Å²) in [4.78, 5) is 13.8. The van der Waals surface area contributed by atoms with E-state index in [1.165, 1.54) is 35.6 Å². The fourth-order valence-electron chi connectivity index (χ4n) is 3.23. The van der Waals surface area contributed by atoms with Gasteiger partial charge >= 0.3 is 0 Å². The van der Waals surface area contributed by atoms with Gasteiger partial charge < -0.3 is 14.4 Å². The maximum absolute atomic E-state index is 13.1. The number of carbonyl (C=O) groups is 1. The standard InChI is InChI=1S/C19H30N2O7S2/c1-4-5-6-13-29(23,24)15-19(22)20-9-11-21(12-10-20)30(25,26)18-14-16(27-2)7-8-17(18)28-3/h7-8,14H,4-6,9-13,15H2,1-3H3. The third-order valence-corrected chi connectivity index (χ3v) is 8.50. The number of piperazine rings is 1. The first-order valence-corrected chi connectivity index (χ1v) is 13.1. The summed E-state index contributed by atoms with van der Waals surface area (Å²) < 4.78 is 62.0. The summed E-state index contributed by atoms with van der Waals surface area (Å²) in [6, 6.07) is 4.53. The van der Waals surface area contributed by atoms with Crippen molar-refractivity contribution < 1.29 is 31.1 Å². The van der Waals surface area contributed by atoms with Crippen LogP contribution >= 0.6 is 0 Å². The largest absolute Gasteiger partial charge is 0.497 e. The van der Waals surface area contributed by atoms with Gasteiger partial charge in [-0.05, 0) is 18.6 Å². The van der Waals surface area contributed by atoms with Crippen LogP contribution in [0.5, 0.6) is 11.5 Å². The van der Waals surface area contributed by atoms with Crippen LogP contribution in [0.4, 0.5) is 0 Å². The highest BCUT2D eigenvalue weighted by atomic mass is 32.2. The Morgan fingerprint density at radius 3 is 2.23 bits per heavy atom. The number of hydrogen-bond donors (Lipinski definition) is 0. The van der Waals surface area contributed by atoms with Gasteiger partial charge in [-0.2, -0.15) is 4.31 Å². The van der Waals surface area contributed by atoms with Crippen molar-refractivity contribution in [2.75, 3.05) is 51.9 Å². The molecule has 1 amide bonds. The van der Waals surface area contributed by atoms with Crippen LogP contribution in [0.1, 0.15) is 26.2 Å². The highest BCUT2D eigenvalue weighted by Gasteiger charge is 2.33. The Balaban J connectivity index is 2.04. The fourth-order valence-corrected chi connectivity index (χ4v) is 6.17. The number of carbonyl (C=O) groups excluding carboxylic acids is 1. The first kappa shape index (κ1) is 24.4. The van der Waals surface area contributed by atoms with E-state index in [0.717, 1.165) is 12.8 Å². The number of unbranched alkanes of at least 4 members (excludes halogenated alkanes) is 2. The summed E-state index contributed by atoms with van der Waals surface area (Å²) in [6.07, 6.45) is 2.25. The molecule has 0 N–H and O–H groups in total. The molecule has 9 nitrogen and oxygen atoms in total. The van der Waals surface area contributed by atoms with Crippen LogP contribution in [-0.2, 0) is 24.7 Å². The third-order valence-electron chi connectivity index (χ3n) is 4.98. The van der Waals surface area contributed by atoms with Crippen LogP contribution in [0.2, 0.25) is 0 Å². The van der Waals surface area contributed by atoms with Gasteiger partial charge in [0.05, 0.1) is 20.0 Å². The van der Waals surface area contributed by atoms with E-state index in [-0.39, 0.29) is 42.6 Å². The van der Waals surface area contributed by atoms with Crippen LogP contribution in [0.15, 0.2) is 23.1 Å². The van der Waals surface area contributed by atoms with E-state index in [2.05, 4.69) is 0 Å². The lowest BCUT2D eigenvalue weighted by Crippen LogP contribution is -2.51. The van der Waals surface area contributed by atoms with Gasteiger partial charge in [-0.1, -0.05) is 19.8 Å². The Labute approximate surface area is 178 Å². The Morgan fingerprint density at radius 2 is 1.67 bits per heavy atom. The number of sulfone groups is 1. The summed E-state index contributed by atoms with van der Waals surface area (Å²) in [5.74, 6) is -0.435. The molecule has 11 heteroatoms. The van der Waals surface area contributed by atoms with E-state index in [4.69, 9.17) is 9.47 Å². The van der Waals surface area contributed by atoms with Crippen molar-refractivity contribution in [2.24, 2.45) is 0 Å². The Hall–Kier alpha value is -1.85. The number of sulfonamides is 1. The maximum Gasteiger partial charge on any atom is 0.247 e. The Bertz CT molecular complexity index is 938. The molecule has 0 radical (unpaired) electrons. The molecule has 0 bridgehead atoms. The zero-order valence-electron chi connectivity index (χ0n) is 17.7. The number of rotatable bonds is 10. The van der Waals surface area contributed by atoms with E-state index in [9.17, 15) is 21.6 Å². The molecule has 170 valence electrons. The van der Waals surface area contributed by atoms with Crippen molar-refractivity contribution >= 4 is 25.8 Å². The number of amides is 1. The van der Waals surface area contributed by atoms with Crippen LogP contribution in [-0.4, -0.2) is 83.9 Å². The number of hydrogen-bond acceptors (Lipinski definition) is 7. The molecule has 0 saturated carbocycles. The topological polar surface area (TPSA) is 110 Å². The third kappa shape index (κ3) is 6.08. The summed E-state index contributed by atoms with van der Waals surface area (Å²) in [5.41, 5.74) is 0. The normalized spacial score (nSPS) is 15.8. The van der Waals surface area contributed by atoms with Crippen molar-refractivity contribution in [3.8, 4) is 11.5 Å². The second-order valence-electron chi connectivity index (χ2n) is 7.10. The minimum atomic E-state index is -3.86. The number of ether oxygens (including phenoxy) is 2. The van der Waals surface area contributed by atoms with Gasteiger partial charge in [-0.25, -0.2) is 16.8 Å². The maximum atomic E-state index is 13.1. The van der Waals surface area contributed by atoms with Gasteiger partial charge in [-0.15, -0.1) is 0 Å². The van der Waals surface area contributed by atoms with Gasteiger partial charge in [0.15, 0.2) is 9.84 Å². The predicted octanol–water partition coefficient (Wildman–Crippen LogP) is 1.14. The first-order valence-electron chi connectivity index (χ1n) is 9.85. The van der Waals surface area contributed by atoms with Crippen LogP contribution in [0, 0.1) is 0 Å². The zero-order chi connectivity index (χ0) is 22.4. The van der Waals surface area contributed by atoms with Crippen molar-refractivity contribution in [2.45, 2.75) is 31.1 Å². The lowest BCUT2D eigenvalue weighted by Gasteiger charge is -2.34. The first-order chi connectivity index (χ1) is 14.1. The highest BCUT2D eigenvalue weighted by Crippen LogP contribution is 2.31. The molecule has 0 spiro atoms. The minimum Gasteiger partial charge on any atom is -0.497 e. The average molecular weight is 463 g/mol. The van der Waals surface area contributed by atoms with Gasteiger partial charge in [0.25, 0.3) is 0 Å². The molecule has 1 aromatic rings. The number of nitrogens with zero attached hydrogens (tertiary/aromatic N) is 2. The molecule has 0 unspecified atom stereocenters. The summed E-state index contributed by atoms with van der Waals surface area (Å²) >= 11 is 0. The van der Waals surface area contributed by atoms with E-state index >= 15 is 0 Å². The van der Waals surface area contributed by atoms with Crippen LogP contribution in [0.3, 0.4) is 0 Å². The SMILES string of the molecule is CCCCCS(=O)(=O)CC(=O)N1CCN(S(=O)(=O)c2cc(OC)ccc2OC)CC1. The summed E-state index contributed by atoms with van der Waals surface area (Å²) in [6.45, 7) is 2.39. The molecule has 30 heavy (non-hydrogen) atoms. The van der Waals surface area contributed by atoms with E-state index in [1.807, 2.05) is 6.92 Å². The van der Waals surface area contributed by atoms with E-state index in [1.54, 1.807) is 6.07 Å². The second-order valence-corrected chi connectivity index (χ2v) is 11.2. The second kappa shape index (κ2) is 10.5. The Morgan fingerprint density at radius 1 is 1.00 bits per heavy atom. The van der Waals surface area contributed by atoms with Gasteiger partial charge in [-0.3, -0.25) is 4.79 Å². The smallest absolute Gasteiger partial charge is 0.247 e. The monoisotopic (exact) mass is 462 g/mol. The molecule has 1 saturated heterocycles. The van der Waals surface area contributed by atoms with Crippen LogP contribution in [0.25, 0.3) is 0 Å². The molecule has 1 aliphatic rings. The predicted molar refractivity (Wildman–Crippen MR) is 113 cm³/mol. The molecule has 2 rings (SSSR count). The molecule has 1 aromatic carbocycles. The molecule has 1 aliphatic heterocycles. The van der Waals surface area contributed by atoms with E-state index < -0.39 is 31.5 Å². The van der Waals surface area contributed by atoms with Gasteiger partial charge in [0.1, 0.15) is 22.1 Å². The Kier molecular flexibility index (Phi) is 8.51. The molecular formula is C19H30N2O7S2. The number of benzene rings is 1. The molecule has 0 atom stereocenters. The molecule has 0 aromatic heterocycles. The quantitative estimate of drug-likeness (QED) is 0.480. The van der Waals surface area contributed by atoms with Crippen molar-refractivity contribution in [3.63, 3.8) is 0 Å². The number of methoxy groups -OCH3 is 2. The minimum absolute atomic E-state index is 0.00341. The fraction of sp³-hybridized carbons (Fsp3) is 0.632. The lowest BCUT2D eigenvalue weighted by atomic mass is 10.3. The van der Waals surface area contributed by atoms with Crippen molar-refractivity contribution in [1.82, 2.24) is 9.21 Å². The highest BCUT2D eigenvalue weighted by molar-refractivity contribution is 7.92. The molecule has 1 fully saturated rings. The van der Waals surface area contributed by atoms with Gasteiger partial charge in [0, 0.05) is 32.2 Å². The van der Waals surface area contributed by atoms with Crippen LogP contribution < -0.4 is 9.47 Å². The van der Waals surface area contributed by atoms with Crippen molar-refractivity contribution in [1.29, 1.82) is 0 Å². The van der Waals surface area contributed by atoms with Gasteiger partial charge in [0.2, 0.25) is 15.9 Å². The zero-order valence-corrected chi connectivity index (χ0v) is 19.3. The average Bonchev–Trinajstić information content (AvgIpc) is 2.73. The van der Waals surface area contributed by atoms with E-state index in [0.29, 0.717) is 12.2 Å². The summed E-state index contributed by atoms with van der Waals surface area (Å²) in [7, 11) is -4.49. The summed E-state index contributed by atoms with van der Waals surface area (Å²) in [5, 5.41) is 0. The molecule has 0 aliphatic carbocycles. The molecular weight excluding hydrogens is 432 g/mol.